The normalized spacial score (nSPS) is 15.6. The van der Waals surface area contributed by atoms with Gasteiger partial charge in [0.2, 0.25) is 6.41 Å². The molecule has 0 aromatic heterocycles. The molecule has 1 amide bonds. The smallest absolute Gasteiger partial charge is 0.325 e. The Bertz CT molecular complexity index is 255. The van der Waals surface area contributed by atoms with Crippen molar-refractivity contribution in [2.75, 3.05) is 12.7 Å². The highest BCUT2D eigenvalue weighted by Gasteiger charge is 2.19. The molecule has 0 unspecified atom stereocenters. The maximum atomic E-state index is 10.5. The lowest BCUT2D eigenvalue weighted by Crippen LogP contribution is -2.31. The molecule has 0 fully saturated rings. The molecule has 0 bridgehead atoms. The van der Waals surface area contributed by atoms with Gasteiger partial charge in [-0.05, 0) is 6.42 Å². The standard InChI is InChI=1S/C7H16NO7P/c9-5-8(12)4-7(11)3-6(10)1-2-16(13,14)15/h5-7,10-12H,1-4H2,(H2,13,14,15)/t6-,7+/m0/s1. The van der Waals surface area contributed by atoms with Crippen LogP contribution in [0.3, 0.4) is 0 Å². The van der Waals surface area contributed by atoms with E-state index in [1.807, 2.05) is 0 Å². The molecule has 96 valence electrons. The van der Waals surface area contributed by atoms with Crippen LogP contribution in [-0.2, 0) is 9.36 Å². The maximum absolute atomic E-state index is 10.5. The lowest BCUT2D eigenvalue weighted by Gasteiger charge is -2.18. The number of hydroxylamine groups is 2. The van der Waals surface area contributed by atoms with Crippen LogP contribution in [-0.4, -0.2) is 61.6 Å². The maximum Gasteiger partial charge on any atom is 0.325 e. The lowest BCUT2D eigenvalue weighted by atomic mass is 10.1. The molecule has 0 heterocycles. The van der Waals surface area contributed by atoms with E-state index in [-0.39, 0.29) is 30.9 Å². The first-order valence-corrected chi connectivity index (χ1v) is 6.36. The number of carbonyl (C=O) groups excluding carboxylic acids is 1. The first kappa shape index (κ1) is 15.5. The number of nitrogens with zero attached hydrogens (tertiary/aromatic N) is 1. The van der Waals surface area contributed by atoms with E-state index in [2.05, 4.69) is 0 Å². The molecule has 0 radical (unpaired) electrons. The van der Waals surface area contributed by atoms with Gasteiger partial charge in [-0.1, -0.05) is 0 Å². The summed E-state index contributed by atoms with van der Waals surface area (Å²) in [5, 5.41) is 27.4. The number of rotatable bonds is 8. The van der Waals surface area contributed by atoms with Crippen LogP contribution in [0.4, 0.5) is 0 Å². The molecule has 0 rings (SSSR count). The molecule has 0 saturated heterocycles. The first-order valence-electron chi connectivity index (χ1n) is 4.56. The van der Waals surface area contributed by atoms with Crippen LogP contribution in [0.1, 0.15) is 12.8 Å². The van der Waals surface area contributed by atoms with E-state index in [1.165, 1.54) is 0 Å². The zero-order valence-corrected chi connectivity index (χ0v) is 9.40. The van der Waals surface area contributed by atoms with Crippen LogP contribution in [0.15, 0.2) is 0 Å². The Morgan fingerprint density at radius 1 is 1.25 bits per heavy atom. The van der Waals surface area contributed by atoms with Gasteiger partial charge in [0.1, 0.15) is 0 Å². The van der Waals surface area contributed by atoms with Gasteiger partial charge in [-0.25, -0.2) is 5.06 Å². The second-order valence-corrected chi connectivity index (χ2v) is 5.22. The van der Waals surface area contributed by atoms with E-state index in [1.54, 1.807) is 0 Å². The summed E-state index contributed by atoms with van der Waals surface area (Å²) in [5.74, 6) is 0. The molecule has 0 spiro atoms. The fraction of sp³-hybridized carbons (Fsp3) is 0.857. The number of aliphatic hydroxyl groups excluding tert-OH is 2. The summed E-state index contributed by atoms with van der Waals surface area (Å²) in [7, 11) is -4.15. The van der Waals surface area contributed by atoms with Gasteiger partial charge in [-0.2, -0.15) is 0 Å². The van der Waals surface area contributed by atoms with Crippen molar-refractivity contribution in [3.8, 4) is 0 Å². The van der Waals surface area contributed by atoms with Gasteiger partial charge < -0.3 is 20.0 Å². The largest absolute Gasteiger partial charge is 0.393 e. The molecule has 0 aliphatic rings. The van der Waals surface area contributed by atoms with Crippen LogP contribution in [0.2, 0.25) is 0 Å². The molecule has 8 nitrogen and oxygen atoms in total. The van der Waals surface area contributed by atoms with E-state index < -0.39 is 26.0 Å². The monoisotopic (exact) mass is 257 g/mol. The van der Waals surface area contributed by atoms with Gasteiger partial charge in [-0.3, -0.25) is 14.6 Å². The summed E-state index contributed by atoms with van der Waals surface area (Å²) in [6.45, 7) is -0.365. The third-order valence-electron chi connectivity index (χ3n) is 1.82. The van der Waals surface area contributed by atoms with Gasteiger partial charge >= 0.3 is 7.60 Å². The minimum atomic E-state index is -4.15. The Hall–Kier alpha value is -0.500. The Kier molecular flexibility index (Phi) is 6.73. The van der Waals surface area contributed by atoms with E-state index in [4.69, 9.17) is 15.0 Å². The fourth-order valence-corrected chi connectivity index (χ4v) is 1.72. The molecule has 16 heavy (non-hydrogen) atoms. The van der Waals surface area contributed by atoms with Crippen LogP contribution >= 0.6 is 7.60 Å². The van der Waals surface area contributed by atoms with Crippen LogP contribution in [0.25, 0.3) is 0 Å². The van der Waals surface area contributed by atoms with Gasteiger partial charge in [0, 0.05) is 6.42 Å². The average Bonchev–Trinajstić information content (AvgIpc) is 2.13. The fourth-order valence-electron chi connectivity index (χ4n) is 1.08. The van der Waals surface area contributed by atoms with Crippen molar-refractivity contribution < 1.29 is 34.6 Å². The third kappa shape index (κ3) is 8.78. The lowest BCUT2D eigenvalue weighted by molar-refractivity contribution is -0.156. The summed E-state index contributed by atoms with van der Waals surface area (Å²) in [6, 6.07) is 0. The summed E-state index contributed by atoms with van der Waals surface area (Å²) < 4.78 is 10.5. The molecule has 5 N–H and O–H groups in total. The highest BCUT2D eigenvalue weighted by Crippen LogP contribution is 2.35. The molecule has 0 aliphatic heterocycles. The second kappa shape index (κ2) is 6.95. The summed E-state index contributed by atoms with van der Waals surface area (Å²) in [6.07, 6.45) is -2.95. The molecule has 9 heteroatoms. The zero-order chi connectivity index (χ0) is 12.8. The van der Waals surface area contributed by atoms with E-state index >= 15 is 0 Å². The number of aliphatic hydroxyl groups is 2. The van der Waals surface area contributed by atoms with Crippen molar-refractivity contribution >= 4 is 14.0 Å². The molecule has 0 aliphatic carbocycles. The highest BCUT2D eigenvalue weighted by molar-refractivity contribution is 7.51. The molecule has 0 aromatic carbocycles. The third-order valence-corrected chi connectivity index (χ3v) is 2.66. The molecular weight excluding hydrogens is 241 g/mol. The van der Waals surface area contributed by atoms with E-state index in [0.717, 1.165) is 0 Å². The topological polar surface area (TPSA) is 139 Å². The van der Waals surface area contributed by atoms with E-state index in [0.29, 0.717) is 0 Å². The van der Waals surface area contributed by atoms with Crippen molar-refractivity contribution in [3.05, 3.63) is 0 Å². The number of amides is 1. The summed E-state index contributed by atoms with van der Waals surface area (Å²) in [5.41, 5.74) is 0. The van der Waals surface area contributed by atoms with Crippen molar-refractivity contribution in [2.45, 2.75) is 25.0 Å². The Morgan fingerprint density at radius 2 is 1.81 bits per heavy atom. The molecular formula is C7H16NO7P. The number of hydrogen-bond acceptors (Lipinski definition) is 5. The minimum Gasteiger partial charge on any atom is -0.393 e. The summed E-state index contributed by atoms with van der Waals surface area (Å²) >= 11 is 0. The van der Waals surface area contributed by atoms with Gasteiger partial charge in [0.25, 0.3) is 0 Å². The van der Waals surface area contributed by atoms with Gasteiger partial charge in [0.05, 0.1) is 24.9 Å². The minimum absolute atomic E-state index is 0.102. The molecule has 0 aromatic rings. The number of carbonyl (C=O) groups is 1. The predicted octanol–water partition coefficient (Wildman–Crippen LogP) is -1.49. The molecule has 0 saturated carbocycles. The zero-order valence-electron chi connectivity index (χ0n) is 8.51. The van der Waals surface area contributed by atoms with Gasteiger partial charge in [-0.15, -0.1) is 0 Å². The number of hydrogen-bond donors (Lipinski definition) is 5. The van der Waals surface area contributed by atoms with Crippen LogP contribution in [0, 0.1) is 0 Å². The quantitative estimate of drug-likeness (QED) is 0.154. The van der Waals surface area contributed by atoms with E-state index in [9.17, 15) is 19.6 Å². The predicted molar refractivity (Wildman–Crippen MR) is 52.7 cm³/mol. The van der Waals surface area contributed by atoms with Gasteiger partial charge in [0.15, 0.2) is 0 Å². The second-order valence-electron chi connectivity index (χ2n) is 3.45. The van der Waals surface area contributed by atoms with Crippen LogP contribution in [0.5, 0.6) is 0 Å². The van der Waals surface area contributed by atoms with Crippen LogP contribution < -0.4 is 0 Å². The highest BCUT2D eigenvalue weighted by atomic mass is 31.2. The Morgan fingerprint density at radius 3 is 2.25 bits per heavy atom. The van der Waals surface area contributed by atoms with Crippen molar-refractivity contribution in [2.24, 2.45) is 0 Å². The van der Waals surface area contributed by atoms with Crippen molar-refractivity contribution in [1.82, 2.24) is 5.06 Å². The first-order chi connectivity index (χ1) is 7.24. The van der Waals surface area contributed by atoms with Crippen molar-refractivity contribution in [3.63, 3.8) is 0 Å². The SMILES string of the molecule is O=CN(O)C[C@H](O)C[C@@H](O)CCP(=O)(O)O. The Labute approximate surface area is 92.2 Å². The Balaban J connectivity index is 3.82. The average molecular weight is 257 g/mol. The molecule has 2 atom stereocenters. The summed E-state index contributed by atoms with van der Waals surface area (Å²) in [4.78, 5) is 27.0. The van der Waals surface area contributed by atoms with Crippen molar-refractivity contribution in [1.29, 1.82) is 0 Å².